The van der Waals surface area contributed by atoms with Gasteiger partial charge in [-0.25, -0.2) is 8.42 Å². The number of nitrogens with zero attached hydrogens (tertiary/aromatic N) is 1. The number of hydrogen-bond donors (Lipinski definition) is 2. The van der Waals surface area contributed by atoms with Crippen molar-refractivity contribution in [2.45, 2.75) is 18.3 Å². The number of carbonyl (C=O) groups excluding carboxylic acids is 1. The molecule has 25 heavy (non-hydrogen) atoms. The lowest BCUT2D eigenvalue weighted by atomic mass is 10.1. The van der Waals surface area contributed by atoms with Gasteiger partial charge in [-0.15, -0.1) is 11.6 Å². The number of aryl methyl sites for hydroxylation is 1. The van der Waals surface area contributed by atoms with E-state index in [1.54, 1.807) is 0 Å². The number of amides is 1. The van der Waals surface area contributed by atoms with E-state index in [4.69, 9.17) is 11.6 Å². The number of hydrogen-bond acceptors (Lipinski definition) is 4. The summed E-state index contributed by atoms with van der Waals surface area (Å²) >= 11 is 6.04. The third-order valence-corrected chi connectivity index (χ3v) is 7.34. The molecule has 2 heterocycles. The predicted octanol–water partition coefficient (Wildman–Crippen LogP) is -0.779. The predicted molar refractivity (Wildman–Crippen MR) is 99.2 cm³/mol. The number of alkyl halides is 1. The van der Waals surface area contributed by atoms with Crippen LogP contribution in [0.3, 0.4) is 0 Å². The van der Waals surface area contributed by atoms with Gasteiger partial charge in [0.25, 0.3) is 5.91 Å². The first-order valence-corrected chi connectivity index (χ1v) is 10.9. The van der Waals surface area contributed by atoms with Crippen molar-refractivity contribution < 1.29 is 18.1 Å². The minimum atomic E-state index is -3.13. The van der Waals surface area contributed by atoms with Gasteiger partial charge in [-0.1, -0.05) is 18.2 Å². The van der Waals surface area contributed by atoms with Gasteiger partial charge in [-0.2, -0.15) is 0 Å². The zero-order chi connectivity index (χ0) is 18.0. The highest BCUT2D eigenvalue weighted by molar-refractivity contribution is 7.91. The van der Waals surface area contributed by atoms with E-state index < -0.39 is 21.3 Å². The summed E-state index contributed by atoms with van der Waals surface area (Å²) in [6.07, 6.45) is 0. The molecule has 0 radical (unpaired) electrons. The summed E-state index contributed by atoms with van der Waals surface area (Å²) in [5.41, 5.74) is 2.52. The topological polar surface area (TPSA) is 70.9 Å². The van der Waals surface area contributed by atoms with Crippen LogP contribution in [0.5, 0.6) is 0 Å². The van der Waals surface area contributed by atoms with Crippen LogP contribution in [-0.4, -0.2) is 70.0 Å². The molecule has 0 aliphatic carbocycles. The van der Waals surface area contributed by atoms with Crippen LogP contribution in [0.4, 0.5) is 5.69 Å². The van der Waals surface area contributed by atoms with Crippen LogP contribution in [0, 0.1) is 6.92 Å². The number of sulfone groups is 1. The van der Waals surface area contributed by atoms with Gasteiger partial charge >= 0.3 is 0 Å². The molecular weight excluding hydrogens is 362 g/mol. The van der Waals surface area contributed by atoms with Gasteiger partial charge in [-0.3, -0.25) is 4.79 Å². The van der Waals surface area contributed by atoms with E-state index in [1.807, 2.05) is 12.1 Å². The molecular formula is C17H25ClN3O3S+. The average Bonchev–Trinajstić information content (AvgIpc) is 2.80. The Morgan fingerprint density at radius 2 is 1.96 bits per heavy atom. The van der Waals surface area contributed by atoms with Crippen molar-refractivity contribution in [1.29, 1.82) is 0 Å². The Labute approximate surface area is 154 Å². The summed E-state index contributed by atoms with van der Waals surface area (Å²) in [5, 5.41) is 2.27. The van der Waals surface area contributed by atoms with E-state index in [0.29, 0.717) is 6.54 Å². The summed E-state index contributed by atoms with van der Waals surface area (Å²) in [7, 11) is -3.13. The monoisotopic (exact) mass is 386 g/mol. The molecule has 8 heteroatoms. The lowest BCUT2D eigenvalue weighted by molar-refractivity contribution is -0.892. The fourth-order valence-corrected chi connectivity index (χ4v) is 6.13. The van der Waals surface area contributed by atoms with Crippen molar-refractivity contribution in [1.82, 2.24) is 5.32 Å². The number of piperazine rings is 1. The highest BCUT2D eigenvalue weighted by Crippen LogP contribution is 2.19. The van der Waals surface area contributed by atoms with Gasteiger partial charge in [0.05, 0.1) is 49.1 Å². The molecule has 2 fully saturated rings. The van der Waals surface area contributed by atoms with Gasteiger partial charge in [0.2, 0.25) is 0 Å². The summed E-state index contributed by atoms with van der Waals surface area (Å²) in [5.74, 6) is -0.225. The fraction of sp³-hybridized carbons (Fsp3) is 0.588. The highest BCUT2D eigenvalue weighted by atomic mass is 35.5. The van der Waals surface area contributed by atoms with Crippen molar-refractivity contribution in [2.75, 3.05) is 49.1 Å². The number of benzene rings is 1. The quantitative estimate of drug-likeness (QED) is 0.666. The second-order valence-electron chi connectivity index (χ2n) is 6.97. The number of para-hydroxylation sites is 1. The van der Waals surface area contributed by atoms with E-state index in [-0.39, 0.29) is 17.4 Å². The number of rotatable bonds is 4. The molecule has 2 aliphatic heterocycles. The Morgan fingerprint density at radius 1 is 1.28 bits per heavy atom. The third kappa shape index (κ3) is 4.65. The molecule has 0 unspecified atom stereocenters. The maximum Gasteiger partial charge on any atom is 0.275 e. The molecule has 0 bridgehead atoms. The van der Waals surface area contributed by atoms with Gasteiger partial charge in [0, 0.05) is 5.69 Å². The van der Waals surface area contributed by atoms with Crippen molar-refractivity contribution in [3.63, 3.8) is 0 Å². The Bertz CT molecular complexity index is 732. The highest BCUT2D eigenvalue weighted by Gasteiger charge is 2.37. The van der Waals surface area contributed by atoms with E-state index >= 15 is 0 Å². The number of halogens is 1. The zero-order valence-electron chi connectivity index (χ0n) is 14.4. The Kier molecular flexibility index (Phi) is 5.55. The first-order valence-electron chi connectivity index (χ1n) is 8.62. The number of nitrogens with one attached hydrogen (secondary N) is 2. The summed E-state index contributed by atoms with van der Waals surface area (Å²) in [6, 6.07) is 7.87. The molecule has 2 aliphatic rings. The zero-order valence-corrected chi connectivity index (χ0v) is 15.9. The third-order valence-electron chi connectivity index (χ3n) is 4.97. The van der Waals surface area contributed by atoms with Crippen LogP contribution >= 0.6 is 11.6 Å². The molecule has 2 saturated heterocycles. The van der Waals surface area contributed by atoms with Gasteiger partial charge in [0.15, 0.2) is 16.4 Å². The molecule has 1 aromatic rings. The standard InChI is InChI=1S/C17H24ClN3O3S/c1-13-4-2-3-5-16(13)21-8-6-20(7-9-21)10-17(22)19-15-12-25(23,24)11-14(15)18/h2-5,14-15H,6-12H2,1H3,(H,19,22)/p+1/t14-,15-/m0/s1. The first kappa shape index (κ1) is 18.5. The second kappa shape index (κ2) is 7.51. The molecule has 138 valence electrons. The van der Waals surface area contributed by atoms with Crippen molar-refractivity contribution >= 4 is 33.0 Å². The van der Waals surface area contributed by atoms with Crippen LogP contribution in [0.1, 0.15) is 5.56 Å². The molecule has 0 spiro atoms. The lowest BCUT2D eigenvalue weighted by Crippen LogP contribution is -3.16. The number of carbonyl (C=O) groups is 1. The maximum absolute atomic E-state index is 12.2. The molecule has 0 saturated carbocycles. The molecule has 3 rings (SSSR count). The van der Waals surface area contributed by atoms with Gasteiger partial charge in [0.1, 0.15) is 0 Å². The van der Waals surface area contributed by atoms with Crippen LogP contribution in [0.25, 0.3) is 0 Å². The Balaban J connectivity index is 1.48. The van der Waals surface area contributed by atoms with Crippen LogP contribution in [0.15, 0.2) is 24.3 Å². The first-order chi connectivity index (χ1) is 11.8. The van der Waals surface area contributed by atoms with Crippen molar-refractivity contribution in [3.8, 4) is 0 Å². The van der Waals surface area contributed by atoms with E-state index in [9.17, 15) is 13.2 Å². The lowest BCUT2D eigenvalue weighted by Gasteiger charge is -2.34. The maximum atomic E-state index is 12.2. The van der Waals surface area contributed by atoms with Crippen LogP contribution in [-0.2, 0) is 14.6 Å². The SMILES string of the molecule is Cc1ccccc1N1CC[NH+](CC(=O)N[C@H]2CS(=O)(=O)C[C@@H]2Cl)CC1. The summed E-state index contributed by atoms with van der Waals surface area (Å²) in [6.45, 7) is 6.05. The fourth-order valence-electron chi connectivity index (χ4n) is 3.58. The molecule has 2 N–H and O–H groups in total. The summed E-state index contributed by atoms with van der Waals surface area (Å²) in [4.78, 5) is 15.8. The minimum Gasteiger partial charge on any atom is -0.360 e. The van der Waals surface area contributed by atoms with E-state index in [0.717, 1.165) is 26.2 Å². The molecule has 1 aromatic carbocycles. The van der Waals surface area contributed by atoms with Crippen LogP contribution in [0.2, 0.25) is 0 Å². The van der Waals surface area contributed by atoms with Gasteiger partial charge in [-0.05, 0) is 18.6 Å². The molecule has 1 amide bonds. The van der Waals surface area contributed by atoms with E-state index in [1.165, 1.54) is 16.2 Å². The largest absolute Gasteiger partial charge is 0.360 e. The number of anilines is 1. The van der Waals surface area contributed by atoms with E-state index in [2.05, 4.69) is 29.3 Å². The van der Waals surface area contributed by atoms with Crippen molar-refractivity contribution in [3.05, 3.63) is 29.8 Å². The second-order valence-corrected chi connectivity index (χ2v) is 9.68. The summed E-state index contributed by atoms with van der Waals surface area (Å²) < 4.78 is 23.1. The minimum absolute atomic E-state index is 0.0523. The molecule has 2 atom stereocenters. The van der Waals surface area contributed by atoms with Crippen molar-refractivity contribution in [2.24, 2.45) is 0 Å². The molecule has 0 aromatic heterocycles. The van der Waals surface area contributed by atoms with Gasteiger partial charge < -0.3 is 15.1 Å². The normalized spacial score (nSPS) is 26.6. The average molecular weight is 387 g/mol. The Morgan fingerprint density at radius 3 is 2.56 bits per heavy atom. The smallest absolute Gasteiger partial charge is 0.275 e. The number of quaternary nitrogens is 1. The van der Waals surface area contributed by atoms with Crippen LogP contribution < -0.4 is 15.1 Å². The molecule has 6 nitrogen and oxygen atoms in total. The Hall–Kier alpha value is -1.31.